The second-order valence-electron chi connectivity index (χ2n) is 4.94. The quantitative estimate of drug-likeness (QED) is 0.844. The molecule has 2 rings (SSSR count). The molecule has 4 heteroatoms. The lowest BCUT2D eigenvalue weighted by atomic mass is 9.78. The molecular weight excluding hydrogens is 242 g/mol. The molecule has 19 heavy (non-hydrogen) atoms. The van der Waals surface area contributed by atoms with E-state index in [0.717, 1.165) is 0 Å². The molecule has 1 aliphatic carbocycles. The third-order valence-electron chi connectivity index (χ3n) is 3.75. The smallest absolute Gasteiger partial charge is 0.306 e. The van der Waals surface area contributed by atoms with Gasteiger partial charge in [0.25, 0.3) is 0 Å². The van der Waals surface area contributed by atoms with Crippen LogP contribution in [0.15, 0.2) is 24.3 Å². The Kier molecular flexibility index (Phi) is 3.96. The molecule has 0 aliphatic heterocycles. The normalized spacial score (nSPS) is 22.5. The number of carbonyl (C=O) groups is 2. The highest BCUT2D eigenvalue weighted by Crippen LogP contribution is 2.31. The molecule has 1 aliphatic rings. The molecule has 1 aromatic carbocycles. The number of Topliss-reactive ketones (excluding diaryl/α,β-unsaturated/α-hetero) is 1. The minimum atomic E-state index is -0.760. The molecule has 1 aromatic rings. The first-order valence-electron chi connectivity index (χ1n) is 6.39. The van der Waals surface area contributed by atoms with E-state index in [4.69, 9.17) is 10.4 Å². The van der Waals surface area contributed by atoms with Crippen LogP contribution in [-0.4, -0.2) is 16.9 Å². The second kappa shape index (κ2) is 5.66. The van der Waals surface area contributed by atoms with Crippen molar-refractivity contribution in [2.24, 2.45) is 11.8 Å². The van der Waals surface area contributed by atoms with Gasteiger partial charge in [-0.3, -0.25) is 9.59 Å². The van der Waals surface area contributed by atoms with Crippen LogP contribution in [0, 0.1) is 23.2 Å². The summed E-state index contributed by atoms with van der Waals surface area (Å²) in [5, 5.41) is 17.6. The summed E-state index contributed by atoms with van der Waals surface area (Å²) in [6, 6.07) is 8.63. The topological polar surface area (TPSA) is 78.2 Å². The van der Waals surface area contributed by atoms with Crippen LogP contribution < -0.4 is 0 Å². The second-order valence-corrected chi connectivity index (χ2v) is 4.94. The Hall–Kier alpha value is -2.15. The summed E-state index contributed by atoms with van der Waals surface area (Å²) in [5.74, 6) is -1.08. The van der Waals surface area contributed by atoms with Gasteiger partial charge in [0.2, 0.25) is 0 Å². The summed E-state index contributed by atoms with van der Waals surface area (Å²) in [7, 11) is 0. The summed E-state index contributed by atoms with van der Waals surface area (Å²) in [6.45, 7) is 0. The van der Waals surface area contributed by atoms with Gasteiger partial charge in [0.05, 0.1) is 17.6 Å². The number of hydrogen-bond donors (Lipinski definition) is 1. The molecule has 0 aromatic heterocycles. The van der Waals surface area contributed by atoms with Crippen molar-refractivity contribution in [3.05, 3.63) is 35.4 Å². The molecule has 0 spiro atoms. The highest BCUT2D eigenvalue weighted by atomic mass is 16.4. The summed E-state index contributed by atoms with van der Waals surface area (Å²) < 4.78 is 0. The Morgan fingerprint density at radius 3 is 2.05 bits per heavy atom. The van der Waals surface area contributed by atoms with Crippen LogP contribution >= 0.6 is 0 Å². The first-order valence-corrected chi connectivity index (χ1v) is 6.39. The van der Waals surface area contributed by atoms with E-state index in [-0.39, 0.29) is 17.6 Å². The van der Waals surface area contributed by atoms with Crippen molar-refractivity contribution in [1.29, 1.82) is 5.26 Å². The monoisotopic (exact) mass is 257 g/mol. The van der Waals surface area contributed by atoms with Gasteiger partial charge in [0.15, 0.2) is 5.78 Å². The number of carboxylic acid groups (broad SMARTS) is 1. The van der Waals surface area contributed by atoms with Gasteiger partial charge in [-0.25, -0.2) is 0 Å². The van der Waals surface area contributed by atoms with Crippen molar-refractivity contribution in [2.45, 2.75) is 25.7 Å². The lowest BCUT2D eigenvalue weighted by molar-refractivity contribution is -0.143. The Labute approximate surface area is 111 Å². The standard InChI is InChI=1S/C15H15NO3/c16-9-10-1-3-11(4-2-10)14(17)12-5-7-13(8-6-12)15(18)19/h1-4,12-13H,5-8H2,(H,18,19). The molecule has 0 atom stereocenters. The predicted molar refractivity (Wildman–Crippen MR) is 68.6 cm³/mol. The van der Waals surface area contributed by atoms with Gasteiger partial charge in [0, 0.05) is 11.5 Å². The van der Waals surface area contributed by atoms with Gasteiger partial charge < -0.3 is 5.11 Å². The molecule has 0 radical (unpaired) electrons. The summed E-state index contributed by atoms with van der Waals surface area (Å²) in [5.41, 5.74) is 1.14. The maximum Gasteiger partial charge on any atom is 0.306 e. The molecule has 0 unspecified atom stereocenters. The zero-order valence-corrected chi connectivity index (χ0v) is 10.5. The largest absolute Gasteiger partial charge is 0.481 e. The van der Waals surface area contributed by atoms with Crippen LogP contribution in [0.1, 0.15) is 41.6 Å². The van der Waals surface area contributed by atoms with Crippen molar-refractivity contribution < 1.29 is 14.7 Å². The zero-order valence-electron chi connectivity index (χ0n) is 10.5. The van der Waals surface area contributed by atoms with Crippen molar-refractivity contribution in [3.8, 4) is 6.07 Å². The van der Waals surface area contributed by atoms with Crippen molar-refractivity contribution in [1.82, 2.24) is 0 Å². The molecule has 4 nitrogen and oxygen atoms in total. The van der Waals surface area contributed by atoms with Gasteiger partial charge in [-0.1, -0.05) is 12.1 Å². The number of nitriles is 1. The van der Waals surface area contributed by atoms with E-state index in [9.17, 15) is 9.59 Å². The van der Waals surface area contributed by atoms with E-state index in [1.54, 1.807) is 24.3 Å². The van der Waals surface area contributed by atoms with E-state index in [0.29, 0.717) is 36.8 Å². The number of carboxylic acids is 1. The van der Waals surface area contributed by atoms with E-state index in [2.05, 4.69) is 0 Å². The molecule has 1 saturated carbocycles. The van der Waals surface area contributed by atoms with E-state index >= 15 is 0 Å². The molecular formula is C15H15NO3. The number of aliphatic carboxylic acids is 1. The van der Waals surface area contributed by atoms with E-state index in [1.807, 2.05) is 6.07 Å². The van der Waals surface area contributed by atoms with Gasteiger partial charge in [-0.2, -0.15) is 5.26 Å². The molecule has 0 amide bonds. The lowest BCUT2D eigenvalue weighted by Gasteiger charge is -2.25. The first kappa shape index (κ1) is 13.3. The maximum absolute atomic E-state index is 12.2. The van der Waals surface area contributed by atoms with Gasteiger partial charge in [-0.15, -0.1) is 0 Å². The number of carbonyl (C=O) groups excluding carboxylic acids is 1. The van der Waals surface area contributed by atoms with Crippen molar-refractivity contribution in [2.75, 3.05) is 0 Å². The van der Waals surface area contributed by atoms with Gasteiger partial charge in [-0.05, 0) is 37.8 Å². The molecule has 98 valence electrons. The third-order valence-corrected chi connectivity index (χ3v) is 3.75. The minimum absolute atomic E-state index is 0.0633. The Balaban J connectivity index is 2.01. The molecule has 0 heterocycles. The lowest BCUT2D eigenvalue weighted by Crippen LogP contribution is -2.25. The number of benzene rings is 1. The van der Waals surface area contributed by atoms with Crippen molar-refractivity contribution >= 4 is 11.8 Å². The number of hydrogen-bond acceptors (Lipinski definition) is 3. The van der Waals surface area contributed by atoms with Crippen molar-refractivity contribution in [3.63, 3.8) is 0 Å². The van der Waals surface area contributed by atoms with Gasteiger partial charge in [0.1, 0.15) is 0 Å². The number of ketones is 1. The maximum atomic E-state index is 12.2. The summed E-state index contributed by atoms with van der Waals surface area (Å²) >= 11 is 0. The number of rotatable bonds is 3. The van der Waals surface area contributed by atoms with Crippen LogP contribution in [0.2, 0.25) is 0 Å². The van der Waals surface area contributed by atoms with Crippen LogP contribution in [0.4, 0.5) is 0 Å². The van der Waals surface area contributed by atoms with Crippen LogP contribution in [0.5, 0.6) is 0 Å². The number of nitrogens with zero attached hydrogens (tertiary/aromatic N) is 1. The van der Waals surface area contributed by atoms with Crippen LogP contribution in [0.3, 0.4) is 0 Å². The fraction of sp³-hybridized carbons (Fsp3) is 0.400. The molecule has 1 N–H and O–H groups in total. The van der Waals surface area contributed by atoms with Crippen LogP contribution in [-0.2, 0) is 4.79 Å². The first-order chi connectivity index (χ1) is 9.11. The third kappa shape index (κ3) is 3.00. The Bertz CT molecular complexity index is 519. The summed E-state index contributed by atoms with van der Waals surface area (Å²) in [4.78, 5) is 23.1. The van der Waals surface area contributed by atoms with E-state index < -0.39 is 5.97 Å². The zero-order chi connectivity index (χ0) is 13.8. The highest BCUT2D eigenvalue weighted by molar-refractivity contribution is 5.98. The average molecular weight is 257 g/mol. The Morgan fingerprint density at radius 2 is 1.58 bits per heavy atom. The summed E-state index contributed by atoms with van der Waals surface area (Å²) in [6.07, 6.45) is 2.41. The van der Waals surface area contributed by atoms with Gasteiger partial charge >= 0.3 is 5.97 Å². The molecule has 0 saturated heterocycles. The highest BCUT2D eigenvalue weighted by Gasteiger charge is 2.30. The molecule has 1 fully saturated rings. The molecule has 0 bridgehead atoms. The SMILES string of the molecule is N#Cc1ccc(C(=O)C2CCC(C(=O)O)CC2)cc1. The predicted octanol–water partition coefficient (Wildman–Crippen LogP) is 2.63. The van der Waals surface area contributed by atoms with Crippen LogP contribution in [0.25, 0.3) is 0 Å². The van der Waals surface area contributed by atoms with E-state index in [1.165, 1.54) is 0 Å². The minimum Gasteiger partial charge on any atom is -0.481 e. The fourth-order valence-electron chi connectivity index (χ4n) is 2.55. The average Bonchev–Trinajstić information content (AvgIpc) is 2.46. The Morgan fingerprint density at radius 1 is 1.05 bits per heavy atom. The fourth-order valence-corrected chi connectivity index (χ4v) is 2.55.